The molecule has 1 atom stereocenters. The average molecular weight is 337 g/mol. The Morgan fingerprint density at radius 2 is 1.86 bits per heavy atom. The van der Waals surface area contributed by atoms with E-state index in [9.17, 15) is 26.4 Å². The Labute approximate surface area is 125 Å². The number of benzene rings is 1. The number of nitrogens with zero attached hydrogens (tertiary/aromatic N) is 1. The van der Waals surface area contributed by atoms with Crippen molar-refractivity contribution >= 4 is 16.0 Å². The number of amides is 1. The predicted octanol–water partition coefficient (Wildman–Crippen LogP) is 1.78. The largest absolute Gasteiger partial charge is 0.416 e. The van der Waals surface area contributed by atoms with Gasteiger partial charge in [-0.3, -0.25) is 8.98 Å². The van der Waals surface area contributed by atoms with E-state index < -0.39 is 33.9 Å². The number of hydrogen-bond donors (Lipinski definition) is 0. The van der Waals surface area contributed by atoms with Crippen molar-refractivity contribution in [2.24, 2.45) is 0 Å². The van der Waals surface area contributed by atoms with Crippen LogP contribution in [0.3, 0.4) is 0 Å². The maximum Gasteiger partial charge on any atom is 0.416 e. The Kier molecular flexibility index (Phi) is 4.48. The molecule has 122 valence electrons. The van der Waals surface area contributed by atoms with Crippen molar-refractivity contribution in [2.45, 2.75) is 25.2 Å². The normalized spacial score (nSPS) is 19.7. The third kappa shape index (κ3) is 4.20. The molecule has 0 aliphatic carbocycles. The molecule has 1 aromatic rings. The highest BCUT2D eigenvalue weighted by Crippen LogP contribution is 2.29. The van der Waals surface area contributed by atoms with Gasteiger partial charge < -0.3 is 4.90 Å². The second kappa shape index (κ2) is 5.88. The molecule has 5 nitrogen and oxygen atoms in total. The van der Waals surface area contributed by atoms with Gasteiger partial charge in [-0.05, 0) is 17.7 Å². The third-order valence-corrected chi connectivity index (χ3v) is 3.78. The number of likely N-dealkylation sites (tertiary alicyclic amines) is 1. The van der Waals surface area contributed by atoms with E-state index in [1.165, 1.54) is 17.0 Å². The van der Waals surface area contributed by atoms with E-state index in [1.54, 1.807) is 0 Å². The van der Waals surface area contributed by atoms with Gasteiger partial charge in [0, 0.05) is 19.5 Å². The van der Waals surface area contributed by atoms with E-state index in [4.69, 9.17) is 0 Å². The number of halogens is 3. The molecule has 2 rings (SSSR count). The van der Waals surface area contributed by atoms with Crippen LogP contribution in [-0.2, 0) is 31.8 Å². The molecular formula is C13H14F3NO4S. The minimum absolute atomic E-state index is 0.112. The fourth-order valence-electron chi connectivity index (χ4n) is 2.19. The minimum atomic E-state index is -4.41. The van der Waals surface area contributed by atoms with Crippen LogP contribution >= 0.6 is 0 Å². The van der Waals surface area contributed by atoms with Crippen LogP contribution in [0, 0.1) is 0 Å². The van der Waals surface area contributed by atoms with Crippen molar-refractivity contribution in [3.05, 3.63) is 35.4 Å². The zero-order chi connectivity index (χ0) is 16.5. The molecule has 9 heteroatoms. The quantitative estimate of drug-likeness (QED) is 0.786. The van der Waals surface area contributed by atoms with Gasteiger partial charge in [-0.15, -0.1) is 0 Å². The van der Waals surface area contributed by atoms with Crippen molar-refractivity contribution in [1.29, 1.82) is 0 Å². The number of rotatable bonds is 4. The van der Waals surface area contributed by atoms with Gasteiger partial charge in [-0.1, -0.05) is 12.1 Å². The second-order valence-electron chi connectivity index (χ2n) is 5.03. The summed E-state index contributed by atoms with van der Waals surface area (Å²) in [7, 11) is -3.73. The molecule has 0 saturated carbocycles. The zero-order valence-electron chi connectivity index (χ0n) is 11.6. The molecule has 0 spiro atoms. The molecular weight excluding hydrogens is 323 g/mol. The standard InChI is InChI=1S/C13H14F3NO4S/c1-22(19,20)21-11-6-7-17(12(11)18)8-9-2-4-10(5-3-9)13(14,15)16/h2-5,11H,6-8H2,1H3/t11-/m0/s1. The van der Waals surface area contributed by atoms with E-state index >= 15 is 0 Å². The summed E-state index contributed by atoms with van der Waals surface area (Å²) in [6, 6.07) is 4.47. The lowest BCUT2D eigenvalue weighted by Crippen LogP contribution is -2.31. The maximum atomic E-state index is 12.5. The van der Waals surface area contributed by atoms with Crippen molar-refractivity contribution in [2.75, 3.05) is 12.8 Å². The van der Waals surface area contributed by atoms with Gasteiger partial charge in [0.2, 0.25) is 0 Å². The molecule has 1 saturated heterocycles. The molecule has 0 unspecified atom stereocenters. The molecule has 1 amide bonds. The van der Waals surface area contributed by atoms with E-state index in [2.05, 4.69) is 4.18 Å². The van der Waals surface area contributed by atoms with Crippen molar-refractivity contribution in [3.8, 4) is 0 Å². The predicted molar refractivity (Wildman–Crippen MR) is 71.2 cm³/mol. The molecule has 1 heterocycles. The summed E-state index contributed by atoms with van der Waals surface area (Å²) in [6.07, 6.45) is -4.37. The average Bonchev–Trinajstić information content (AvgIpc) is 2.69. The molecule has 0 radical (unpaired) electrons. The van der Waals surface area contributed by atoms with Crippen LogP contribution in [0.15, 0.2) is 24.3 Å². The summed E-state index contributed by atoms with van der Waals surface area (Å²) in [5.41, 5.74) is -0.233. The molecule has 0 N–H and O–H groups in total. The number of carbonyl (C=O) groups excluding carboxylic acids is 1. The van der Waals surface area contributed by atoms with Gasteiger partial charge in [0.05, 0.1) is 11.8 Å². The fourth-order valence-corrected chi connectivity index (χ4v) is 2.79. The van der Waals surface area contributed by atoms with Crippen LogP contribution < -0.4 is 0 Å². The Balaban J connectivity index is 2.02. The fraction of sp³-hybridized carbons (Fsp3) is 0.462. The summed E-state index contributed by atoms with van der Waals surface area (Å²) in [4.78, 5) is 13.3. The first-order valence-electron chi connectivity index (χ1n) is 6.39. The van der Waals surface area contributed by atoms with Crippen LogP contribution in [0.2, 0.25) is 0 Å². The lowest BCUT2D eigenvalue weighted by molar-refractivity contribution is -0.137. The molecule has 1 aromatic carbocycles. The van der Waals surface area contributed by atoms with Crippen molar-refractivity contribution < 1.29 is 30.6 Å². The van der Waals surface area contributed by atoms with Gasteiger partial charge in [-0.2, -0.15) is 21.6 Å². The van der Waals surface area contributed by atoms with E-state index in [0.717, 1.165) is 18.4 Å². The van der Waals surface area contributed by atoms with Crippen molar-refractivity contribution in [3.63, 3.8) is 0 Å². The smallest absolute Gasteiger partial charge is 0.336 e. The maximum absolute atomic E-state index is 12.5. The molecule has 22 heavy (non-hydrogen) atoms. The van der Waals surface area contributed by atoms with Crippen LogP contribution in [0.5, 0.6) is 0 Å². The number of hydrogen-bond acceptors (Lipinski definition) is 4. The van der Waals surface area contributed by atoms with Gasteiger partial charge >= 0.3 is 6.18 Å². The Bertz CT molecular complexity index is 655. The lowest BCUT2D eigenvalue weighted by Gasteiger charge is -2.17. The SMILES string of the molecule is CS(=O)(=O)O[C@H]1CCN(Cc2ccc(C(F)(F)F)cc2)C1=O. The molecule has 1 aliphatic rings. The first kappa shape index (κ1) is 16.8. The summed E-state index contributed by atoms with van der Waals surface area (Å²) >= 11 is 0. The van der Waals surface area contributed by atoms with Crippen LogP contribution in [-0.4, -0.2) is 38.1 Å². The number of carbonyl (C=O) groups is 1. The van der Waals surface area contributed by atoms with Gasteiger partial charge in [0.15, 0.2) is 6.10 Å². The summed E-state index contributed by atoms with van der Waals surface area (Å²) < 4.78 is 64.1. The lowest BCUT2D eigenvalue weighted by atomic mass is 10.1. The molecule has 1 fully saturated rings. The summed E-state index contributed by atoms with van der Waals surface area (Å²) in [5.74, 6) is -0.481. The van der Waals surface area contributed by atoms with E-state index in [1.807, 2.05) is 0 Å². The van der Waals surface area contributed by atoms with Crippen LogP contribution in [0.4, 0.5) is 13.2 Å². The first-order valence-corrected chi connectivity index (χ1v) is 8.21. The van der Waals surface area contributed by atoms with Gasteiger partial charge in [0.25, 0.3) is 16.0 Å². The van der Waals surface area contributed by atoms with Crippen molar-refractivity contribution in [1.82, 2.24) is 4.90 Å². The van der Waals surface area contributed by atoms with Gasteiger partial charge in [-0.25, -0.2) is 0 Å². The summed E-state index contributed by atoms with van der Waals surface area (Å²) in [5, 5.41) is 0. The molecule has 0 bridgehead atoms. The first-order chi connectivity index (χ1) is 10.1. The highest BCUT2D eigenvalue weighted by molar-refractivity contribution is 7.86. The van der Waals surface area contributed by atoms with Gasteiger partial charge in [0.1, 0.15) is 0 Å². The number of alkyl halides is 3. The topological polar surface area (TPSA) is 63.7 Å². The highest BCUT2D eigenvalue weighted by Gasteiger charge is 2.35. The third-order valence-electron chi connectivity index (χ3n) is 3.19. The highest BCUT2D eigenvalue weighted by atomic mass is 32.2. The minimum Gasteiger partial charge on any atom is -0.336 e. The summed E-state index contributed by atoms with van der Waals surface area (Å²) in [6.45, 7) is 0.403. The van der Waals surface area contributed by atoms with E-state index in [0.29, 0.717) is 12.1 Å². The Hall–Kier alpha value is -1.61. The zero-order valence-corrected chi connectivity index (χ0v) is 12.4. The molecule has 0 aromatic heterocycles. The van der Waals surface area contributed by atoms with Crippen LogP contribution in [0.1, 0.15) is 17.5 Å². The van der Waals surface area contributed by atoms with E-state index in [-0.39, 0.29) is 13.0 Å². The van der Waals surface area contributed by atoms with Crippen LogP contribution in [0.25, 0.3) is 0 Å². The second-order valence-corrected chi connectivity index (χ2v) is 6.63. The molecule has 1 aliphatic heterocycles. The Morgan fingerprint density at radius 3 is 2.36 bits per heavy atom. The Morgan fingerprint density at radius 1 is 1.27 bits per heavy atom. The monoisotopic (exact) mass is 337 g/mol.